The molecule has 0 unspecified atom stereocenters. The predicted molar refractivity (Wildman–Crippen MR) is 18.6 cm³/mol. The summed E-state index contributed by atoms with van der Waals surface area (Å²) in [5, 5.41) is 7.59. The van der Waals surface area contributed by atoms with Crippen molar-refractivity contribution in [1.82, 2.24) is 0 Å². The van der Waals surface area contributed by atoms with Crippen molar-refractivity contribution in [1.29, 1.82) is 5.26 Å². The molecule has 0 rings (SSSR count). The summed E-state index contributed by atoms with van der Waals surface area (Å²) in [5.74, 6) is 0. The molecule has 3 heteroatoms. The Morgan fingerprint density at radius 3 is 2.40 bits per heavy atom. The third kappa shape index (κ3) is 3.50. The van der Waals surface area contributed by atoms with Crippen molar-refractivity contribution < 1.29 is 0 Å². The molecule has 0 fully saturated rings. The van der Waals surface area contributed by atoms with Gasteiger partial charge < -0.3 is 0 Å². The van der Waals surface area contributed by atoms with Gasteiger partial charge in [-0.05, 0) is 0 Å². The summed E-state index contributed by atoms with van der Waals surface area (Å²) < 4.78 is 3.12. The SMILES string of the molecule is N#CC#[N+][Se-]. The molecule has 0 spiro atoms. The Kier molecular flexibility index (Phi) is 3.15. The van der Waals surface area contributed by atoms with Crippen LogP contribution in [0.4, 0.5) is 0 Å². The van der Waals surface area contributed by atoms with Crippen LogP contribution in [0.5, 0.6) is 0 Å². The van der Waals surface area contributed by atoms with E-state index in [1.54, 1.807) is 6.07 Å². The first-order valence-electron chi connectivity index (χ1n) is 0.880. The first-order chi connectivity index (χ1) is 2.41. The van der Waals surface area contributed by atoms with Gasteiger partial charge in [0, 0.05) is 0 Å². The minimum absolute atomic E-state index is 1.57. The summed E-state index contributed by atoms with van der Waals surface area (Å²) in [6.45, 7) is 0. The van der Waals surface area contributed by atoms with Crippen molar-refractivity contribution >= 4 is 16.2 Å². The van der Waals surface area contributed by atoms with Crippen molar-refractivity contribution in [3.8, 4) is 12.1 Å². The van der Waals surface area contributed by atoms with Gasteiger partial charge in [-0.15, -0.1) is 0 Å². The average Bonchev–Trinajstić information content (AvgIpc) is 1.41. The van der Waals surface area contributed by atoms with Crippen molar-refractivity contribution in [3.05, 3.63) is 3.86 Å². The molecule has 0 aliphatic rings. The second-order valence-electron chi connectivity index (χ2n) is 0.315. The number of hydrogen-bond acceptors (Lipinski definition) is 1. The van der Waals surface area contributed by atoms with E-state index in [2.05, 4.69) is 20.1 Å². The van der Waals surface area contributed by atoms with Gasteiger partial charge in [0.05, 0.1) is 0 Å². The van der Waals surface area contributed by atoms with Gasteiger partial charge >= 0.3 is 37.5 Å². The summed E-state index contributed by atoms with van der Waals surface area (Å²) in [7, 11) is 0. The number of nitrogens with zero attached hydrogens (tertiary/aromatic N) is 2. The molecule has 0 amide bonds. The molecule has 0 saturated heterocycles. The van der Waals surface area contributed by atoms with Crippen molar-refractivity contribution in [3.63, 3.8) is 0 Å². The van der Waals surface area contributed by atoms with Gasteiger partial charge in [0.2, 0.25) is 0 Å². The number of hydrogen-bond donors (Lipinski definition) is 0. The Morgan fingerprint density at radius 2 is 2.40 bits per heavy atom. The molecule has 5 heavy (non-hydrogen) atoms. The standard InChI is InChI=1S/C2N2Se/c3-1-2-4-5. The van der Waals surface area contributed by atoms with Crippen LogP contribution in [0.15, 0.2) is 0 Å². The van der Waals surface area contributed by atoms with E-state index in [0.29, 0.717) is 0 Å². The zero-order chi connectivity index (χ0) is 4.12. The Balaban J connectivity index is 3.30. The Bertz CT molecular complexity index is 101. The van der Waals surface area contributed by atoms with Gasteiger partial charge in [-0.25, -0.2) is 0 Å². The summed E-state index contributed by atoms with van der Waals surface area (Å²) in [5.41, 5.74) is 0. The first kappa shape index (κ1) is 4.50. The fourth-order valence-electron chi connectivity index (χ4n) is 0.0204. The van der Waals surface area contributed by atoms with Crippen LogP contribution in [0.3, 0.4) is 0 Å². The van der Waals surface area contributed by atoms with E-state index in [1.807, 2.05) is 6.07 Å². The van der Waals surface area contributed by atoms with E-state index in [0.717, 1.165) is 0 Å². The Morgan fingerprint density at radius 1 is 1.80 bits per heavy atom. The fourth-order valence-corrected chi connectivity index (χ4v) is 0.106. The number of rotatable bonds is 0. The van der Waals surface area contributed by atoms with Gasteiger partial charge in [-0.1, -0.05) is 0 Å². The molecule has 0 N–H and O–H groups in total. The summed E-state index contributed by atoms with van der Waals surface area (Å²) >= 11 is 2.24. The van der Waals surface area contributed by atoms with Crippen molar-refractivity contribution in [2.45, 2.75) is 0 Å². The molecule has 0 saturated carbocycles. The predicted octanol–water partition coefficient (Wildman–Crippen LogP) is -0.0736. The maximum absolute atomic E-state index is 7.59. The molecule has 0 aliphatic heterocycles. The Hall–Kier alpha value is -0.501. The van der Waals surface area contributed by atoms with Crippen molar-refractivity contribution in [2.75, 3.05) is 0 Å². The number of nitriles is 1. The van der Waals surface area contributed by atoms with E-state index >= 15 is 0 Å². The molecule has 0 aromatic rings. The van der Waals surface area contributed by atoms with Crippen LogP contribution < -0.4 is 0 Å². The normalized spacial score (nSPS) is 3.00. The molecule has 0 aromatic carbocycles. The molecule has 24 valence electrons. The van der Waals surface area contributed by atoms with Crippen LogP contribution in [0.2, 0.25) is 0 Å². The minimum atomic E-state index is 1.57. The fraction of sp³-hybridized carbons (Fsp3) is 0. The van der Waals surface area contributed by atoms with Gasteiger partial charge in [0.15, 0.2) is 0 Å². The van der Waals surface area contributed by atoms with Crippen LogP contribution in [-0.2, 0) is 0 Å². The summed E-state index contributed by atoms with van der Waals surface area (Å²) in [6.07, 6.45) is 0. The van der Waals surface area contributed by atoms with Crippen LogP contribution in [0.25, 0.3) is 3.86 Å². The van der Waals surface area contributed by atoms with E-state index < -0.39 is 0 Å². The summed E-state index contributed by atoms with van der Waals surface area (Å²) in [6, 6.07) is 3.56. The van der Waals surface area contributed by atoms with Crippen LogP contribution >= 0.6 is 0 Å². The van der Waals surface area contributed by atoms with Gasteiger partial charge in [0.25, 0.3) is 0 Å². The van der Waals surface area contributed by atoms with E-state index in [-0.39, 0.29) is 0 Å². The van der Waals surface area contributed by atoms with Gasteiger partial charge in [-0.2, -0.15) is 0 Å². The third-order valence-corrected chi connectivity index (χ3v) is 0.287. The Labute approximate surface area is 38.2 Å². The first-order valence-corrected chi connectivity index (χ1v) is 1.65. The molecule has 0 atom stereocenters. The zero-order valence-corrected chi connectivity index (χ0v) is 4.02. The molecule has 0 aromatic heterocycles. The van der Waals surface area contributed by atoms with E-state index in [1.165, 1.54) is 0 Å². The summed E-state index contributed by atoms with van der Waals surface area (Å²) in [4.78, 5) is 0. The molecule has 0 bridgehead atoms. The molecular formula is C2N2Se. The third-order valence-electron chi connectivity index (χ3n) is 0.0956. The average molecular weight is 131 g/mol. The monoisotopic (exact) mass is 132 g/mol. The molecule has 0 aliphatic carbocycles. The zero-order valence-electron chi connectivity index (χ0n) is 2.30. The molecule has 0 radical (unpaired) electrons. The van der Waals surface area contributed by atoms with Crippen LogP contribution in [0, 0.1) is 17.4 Å². The maximum atomic E-state index is 7.59. The van der Waals surface area contributed by atoms with Crippen molar-refractivity contribution in [2.24, 2.45) is 0 Å². The molecule has 2 nitrogen and oxygen atoms in total. The topological polar surface area (TPSA) is 28.1 Å². The second kappa shape index (κ2) is 3.50. The van der Waals surface area contributed by atoms with Crippen LogP contribution in [-0.4, -0.2) is 16.2 Å². The molecule has 0 heterocycles. The van der Waals surface area contributed by atoms with Gasteiger partial charge in [0.1, 0.15) is 0 Å². The van der Waals surface area contributed by atoms with E-state index in [4.69, 9.17) is 5.26 Å². The quantitative estimate of drug-likeness (QED) is 0.423. The van der Waals surface area contributed by atoms with Crippen LogP contribution in [0.1, 0.15) is 0 Å². The molecular weight excluding hydrogens is 131 g/mol. The van der Waals surface area contributed by atoms with Gasteiger partial charge in [-0.3, -0.25) is 0 Å². The van der Waals surface area contributed by atoms with E-state index in [9.17, 15) is 0 Å². The second-order valence-corrected chi connectivity index (χ2v) is 0.698.